The van der Waals surface area contributed by atoms with Crippen LogP contribution in [0, 0.1) is 11.8 Å². The monoisotopic (exact) mass is 395 g/mol. The molecule has 1 heterocycles. The van der Waals surface area contributed by atoms with E-state index >= 15 is 0 Å². The molecule has 3 rings (SSSR count). The Hall–Kier alpha value is -1.18. The number of nitrogens with zero attached hydrogens (tertiary/aromatic N) is 1. The van der Waals surface area contributed by atoms with Crippen LogP contribution in [0.2, 0.25) is 0 Å². The molecule has 7 heteroatoms. The van der Waals surface area contributed by atoms with Crippen LogP contribution >= 0.6 is 12.2 Å². The fourth-order valence-corrected chi connectivity index (χ4v) is 6.05. The summed E-state index contributed by atoms with van der Waals surface area (Å²) in [5.41, 5.74) is 0.805. The van der Waals surface area contributed by atoms with Crippen molar-refractivity contribution in [3.8, 4) is 0 Å². The molecular weight excluding hydrogens is 366 g/mol. The minimum atomic E-state index is -3.43. The summed E-state index contributed by atoms with van der Waals surface area (Å²) in [6.45, 7) is 5.43. The largest absolute Gasteiger partial charge is 0.360 e. The molecule has 26 heavy (non-hydrogen) atoms. The van der Waals surface area contributed by atoms with Gasteiger partial charge in [0.1, 0.15) is 0 Å². The highest BCUT2D eigenvalue weighted by Gasteiger charge is 2.31. The Bertz CT molecular complexity index is 718. The second-order valence-electron chi connectivity index (χ2n) is 7.87. The average molecular weight is 396 g/mol. The Morgan fingerprint density at radius 1 is 1.08 bits per heavy atom. The van der Waals surface area contributed by atoms with Crippen LogP contribution in [0.4, 0.5) is 5.69 Å². The number of nitrogens with one attached hydrogen (secondary N) is 2. The predicted molar refractivity (Wildman–Crippen MR) is 110 cm³/mol. The van der Waals surface area contributed by atoms with Gasteiger partial charge in [-0.1, -0.05) is 26.7 Å². The van der Waals surface area contributed by atoms with Gasteiger partial charge >= 0.3 is 0 Å². The van der Waals surface area contributed by atoms with Crippen molar-refractivity contribution in [1.82, 2.24) is 9.62 Å². The van der Waals surface area contributed by atoms with E-state index in [9.17, 15) is 8.42 Å². The minimum Gasteiger partial charge on any atom is -0.360 e. The van der Waals surface area contributed by atoms with Crippen LogP contribution in [-0.2, 0) is 10.0 Å². The van der Waals surface area contributed by atoms with Gasteiger partial charge in [0.2, 0.25) is 10.0 Å². The van der Waals surface area contributed by atoms with E-state index in [0.29, 0.717) is 41.0 Å². The van der Waals surface area contributed by atoms with E-state index in [0.717, 1.165) is 24.9 Å². The topological polar surface area (TPSA) is 61.4 Å². The Kier molecular flexibility index (Phi) is 6.20. The molecule has 2 N–H and O–H groups in total. The number of thiocarbonyl (C=S) groups is 1. The summed E-state index contributed by atoms with van der Waals surface area (Å²) < 4.78 is 27.4. The molecule has 1 aliphatic carbocycles. The molecule has 0 spiro atoms. The second kappa shape index (κ2) is 8.23. The van der Waals surface area contributed by atoms with Crippen LogP contribution in [-0.4, -0.2) is 37.0 Å². The smallest absolute Gasteiger partial charge is 0.243 e. The highest BCUT2D eigenvalue weighted by molar-refractivity contribution is 7.89. The molecule has 1 saturated heterocycles. The van der Waals surface area contributed by atoms with E-state index in [-0.39, 0.29) is 0 Å². The molecule has 2 atom stereocenters. The molecule has 2 fully saturated rings. The Labute approximate surface area is 162 Å². The Morgan fingerprint density at radius 2 is 1.65 bits per heavy atom. The van der Waals surface area contributed by atoms with Gasteiger partial charge in [0, 0.05) is 24.8 Å². The van der Waals surface area contributed by atoms with Crippen LogP contribution in [0.5, 0.6) is 0 Å². The van der Waals surface area contributed by atoms with E-state index in [1.807, 2.05) is 0 Å². The van der Waals surface area contributed by atoms with Gasteiger partial charge in [0.05, 0.1) is 4.90 Å². The lowest BCUT2D eigenvalue weighted by Gasteiger charge is -2.34. The summed E-state index contributed by atoms with van der Waals surface area (Å²) in [6.07, 6.45) is 5.90. The maximum Gasteiger partial charge on any atom is 0.243 e. The van der Waals surface area contributed by atoms with Gasteiger partial charge in [0.25, 0.3) is 0 Å². The summed E-state index contributed by atoms with van der Waals surface area (Å²) >= 11 is 5.36. The molecule has 1 aromatic rings. The molecule has 1 aromatic carbocycles. The lowest BCUT2D eigenvalue weighted by molar-refractivity contribution is 0.222. The molecule has 0 aromatic heterocycles. The van der Waals surface area contributed by atoms with Gasteiger partial charge in [-0.15, -0.1) is 0 Å². The molecular formula is C19H29N3O2S2. The summed E-state index contributed by atoms with van der Waals surface area (Å²) in [5, 5.41) is 7.08. The first kappa shape index (κ1) is 19.6. The molecule has 0 amide bonds. The third kappa shape index (κ3) is 4.75. The molecule has 5 nitrogen and oxygen atoms in total. The zero-order chi connectivity index (χ0) is 18.7. The number of hydrogen-bond acceptors (Lipinski definition) is 3. The van der Waals surface area contributed by atoms with Crippen LogP contribution in [0.15, 0.2) is 29.2 Å². The van der Waals surface area contributed by atoms with Crippen LogP contribution < -0.4 is 10.6 Å². The van der Waals surface area contributed by atoms with Gasteiger partial charge < -0.3 is 10.6 Å². The van der Waals surface area contributed by atoms with Gasteiger partial charge in [-0.05, 0) is 67.6 Å². The average Bonchev–Trinajstić information content (AvgIpc) is 3.07. The van der Waals surface area contributed by atoms with E-state index in [2.05, 4.69) is 24.5 Å². The SMILES string of the molecule is C[C@H]1C[C@H](C)CN(S(=O)(=O)c2ccc(NC(=S)NC3CCCC3)cc2)C1. The summed E-state index contributed by atoms with van der Waals surface area (Å²) in [5.74, 6) is 0.794. The standard InChI is InChI=1S/C19H29N3O2S2/c1-14-11-15(2)13-22(12-14)26(23,24)18-9-7-17(8-10-18)21-19(25)20-16-5-3-4-6-16/h7-10,14-16H,3-6,11-13H2,1-2H3,(H2,20,21,25)/t14-,15-/m0/s1. The molecule has 1 aliphatic heterocycles. The van der Waals surface area contributed by atoms with Gasteiger partial charge in [-0.3, -0.25) is 0 Å². The highest BCUT2D eigenvalue weighted by atomic mass is 32.2. The zero-order valence-electron chi connectivity index (χ0n) is 15.6. The summed E-state index contributed by atoms with van der Waals surface area (Å²) in [6, 6.07) is 7.36. The first-order chi connectivity index (χ1) is 12.3. The lowest BCUT2D eigenvalue weighted by atomic mass is 9.94. The zero-order valence-corrected chi connectivity index (χ0v) is 17.2. The number of anilines is 1. The molecule has 144 valence electrons. The highest BCUT2D eigenvalue weighted by Crippen LogP contribution is 2.27. The third-order valence-corrected chi connectivity index (χ3v) is 7.34. The number of benzene rings is 1. The van der Waals surface area contributed by atoms with E-state index in [1.165, 1.54) is 12.8 Å². The van der Waals surface area contributed by atoms with Crippen LogP contribution in [0.3, 0.4) is 0 Å². The first-order valence-corrected chi connectivity index (χ1v) is 11.4. The van der Waals surface area contributed by atoms with Crippen molar-refractivity contribution >= 4 is 33.0 Å². The van der Waals surface area contributed by atoms with Gasteiger partial charge in [-0.25, -0.2) is 8.42 Å². The molecule has 2 aliphatic rings. The van der Waals surface area contributed by atoms with E-state index in [1.54, 1.807) is 28.6 Å². The normalized spacial score (nSPS) is 25.2. The number of rotatable bonds is 4. The fourth-order valence-electron chi connectivity index (χ4n) is 4.08. The molecule has 1 saturated carbocycles. The van der Waals surface area contributed by atoms with Crippen molar-refractivity contribution in [3.63, 3.8) is 0 Å². The third-order valence-electron chi connectivity index (χ3n) is 5.28. The maximum absolute atomic E-state index is 12.9. The van der Waals surface area contributed by atoms with E-state index < -0.39 is 10.0 Å². The Balaban J connectivity index is 1.63. The van der Waals surface area contributed by atoms with Crippen LogP contribution in [0.1, 0.15) is 46.0 Å². The number of sulfonamides is 1. The number of hydrogen-bond donors (Lipinski definition) is 2. The van der Waals surface area contributed by atoms with Gasteiger partial charge in [-0.2, -0.15) is 4.31 Å². The quantitative estimate of drug-likeness (QED) is 0.763. The summed E-state index contributed by atoms with van der Waals surface area (Å²) in [7, 11) is -3.43. The fraction of sp³-hybridized carbons (Fsp3) is 0.632. The van der Waals surface area contributed by atoms with Crippen LogP contribution in [0.25, 0.3) is 0 Å². The van der Waals surface area contributed by atoms with Crippen molar-refractivity contribution < 1.29 is 8.42 Å². The van der Waals surface area contributed by atoms with Crippen molar-refractivity contribution in [2.45, 2.75) is 56.9 Å². The van der Waals surface area contributed by atoms with Crippen molar-refractivity contribution in [3.05, 3.63) is 24.3 Å². The Morgan fingerprint density at radius 3 is 2.23 bits per heavy atom. The number of piperidine rings is 1. The van der Waals surface area contributed by atoms with Crippen molar-refractivity contribution in [2.24, 2.45) is 11.8 Å². The van der Waals surface area contributed by atoms with Crippen molar-refractivity contribution in [1.29, 1.82) is 0 Å². The second-order valence-corrected chi connectivity index (χ2v) is 10.2. The van der Waals surface area contributed by atoms with Crippen molar-refractivity contribution in [2.75, 3.05) is 18.4 Å². The lowest BCUT2D eigenvalue weighted by Crippen LogP contribution is -2.42. The first-order valence-electron chi connectivity index (χ1n) is 9.52. The minimum absolute atomic E-state index is 0.346. The van der Waals surface area contributed by atoms with E-state index in [4.69, 9.17) is 12.2 Å². The maximum atomic E-state index is 12.9. The van der Waals surface area contributed by atoms with Gasteiger partial charge in [0.15, 0.2) is 5.11 Å². The molecule has 0 unspecified atom stereocenters. The molecule has 0 bridgehead atoms. The molecule has 0 radical (unpaired) electrons. The predicted octanol–water partition coefficient (Wildman–Crippen LogP) is 3.58. The summed E-state index contributed by atoms with van der Waals surface area (Å²) in [4.78, 5) is 0.346.